The lowest BCUT2D eigenvalue weighted by Crippen LogP contribution is -2.38. The number of ether oxygens (including phenoxy) is 2. The lowest BCUT2D eigenvalue weighted by Gasteiger charge is -2.15. The number of hydrogen-bond acceptors (Lipinski definition) is 3. The zero-order valence-electron chi connectivity index (χ0n) is 13.4. The number of nitrogens with one attached hydrogen (secondary N) is 2. The number of methoxy groups -OCH3 is 1. The number of unbranched alkanes of at least 4 members (excludes halogenated alkanes) is 1. The summed E-state index contributed by atoms with van der Waals surface area (Å²) in [6.45, 7) is 7.17. The van der Waals surface area contributed by atoms with Crippen molar-refractivity contribution in [2.45, 2.75) is 39.7 Å². The molecule has 2 N–H and O–H groups in total. The molecule has 0 fully saturated rings. The maximum atomic E-state index is 11.8. The Hall–Kier alpha value is -1.75. The summed E-state index contributed by atoms with van der Waals surface area (Å²) in [6.07, 6.45) is 2.15. The van der Waals surface area contributed by atoms with E-state index in [0.717, 1.165) is 36.4 Å². The van der Waals surface area contributed by atoms with Crippen molar-refractivity contribution in [1.82, 2.24) is 5.32 Å². The first-order chi connectivity index (χ1) is 10.1. The minimum Gasteiger partial charge on any atom is -0.494 e. The van der Waals surface area contributed by atoms with E-state index in [1.165, 1.54) is 0 Å². The van der Waals surface area contributed by atoms with Gasteiger partial charge in [-0.3, -0.25) is 0 Å². The SMILES string of the molecule is CCCCOc1ccc(NC(=O)NC(C)COC)c(C)c1. The average molecular weight is 294 g/mol. The fraction of sp³-hybridized carbons (Fsp3) is 0.562. The summed E-state index contributed by atoms with van der Waals surface area (Å²) in [5.41, 5.74) is 1.75. The predicted octanol–water partition coefficient (Wildman–Crippen LogP) is 3.33. The van der Waals surface area contributed by atoms with E-state index < -0.39 is 0 Å². The number of hydrogen-bond donors (Lipinski definition) is 2. The second-order valence-corrected chi connectivity index (χ2v) is 5.13. The second kappa shape index (κ2) is 9.23. The van der Waals surface area contributed by atoms with Crippen LogP contribution in [0.4, 0.5) is 10.5 Å². The van der Waals surface area contributed by atoms with Crippen molar-refractivity contribution in [2.24, 2.45) is 0 Å². The molecule has 0 aromatic heterocycles. The van der Waals surface area contributed by atoms with Gasteiger partial charge in [0.2, 0.25) is 0 Å². The third-order valence-corrected chi connectivity index (χ3v) is 3.01. The van der Waals surface area contributed by atoms with Crippen molar-refractivity contribution in [2.75, 3.05) is 25.6 Å². The molecule has 21 heavy (non-hydrogen) atoms. The monoisotopic (exact) mass is 294 g/mol. The molecular weight excluding hydrogens is 268 g/mol. The molecule has 0 spiro atoms. The third-order valence-electron chi connectivity index (χ3n) is 3.01. The number of anilines is 1. The third kappa shape index (κ3) is 6.49. The first-order valence-corrected chi connectivity index (χ1v) is 7.36. The van der Waals surface area contributed by atoms with Gasteiger partial charge in [-0.05, 0) is 44.0 Å². The highest BCUT2D eigenvalue weighted by atomic mass is 16.5. The van der Waals surface area contributed by atoms with Gasteiger partial charge in [-0.1, -0.05) is 13.3 Å². The Morgan fingerprint density at radius 3 is 2.76 bits per heavy atom. The molecule has 1 rings (SSSR count). The number of aryl methyl sites for hydroxylation is 1. The molecule has 0 bridgehead atoms. The van der Waals surface area contributed by atoms with E-state index in [-0.39, 0.29) is 12.1 Å². The second-order valence-electron chi connectivity index (χ2n) is 5.13. The van der Waals surface area contributed by atoms with Gasteiger partial charge in [-0.2, -0.15) is 0 Å². The summed E-state index contributed by atoms with van der Waals surface area (Å²) in [6, 6.07) is 5.40. The molecule has 0 aliphatic rings. The van der Waals surface area contributed by atoms with Crippen LogP contribution < -0.4 is 15.4 Å². The zero-order chi connectivity index (χ0) is 15.7. The maximum absolute atomic E-state index is 11.8. The normalized spacial score (nSPS) is 11.8. The summed E-state index contributed by atoms with van der Waals surface area (Å²) in [5.74, 6) is 0.833. The minimum absolute atomic E-state index is 0.0352. The Morgan fingerprint density at radius 1 is 1.38 bits per heavy atom. The van der Waals surface area contributed by atoms with Crippen molar-refractivity contribution in [3.63, 3.8) is 0 Å². The topological polar surface area (TPSA) is 59.6 Å². The van der Waals surface area contributed by atoms with E-state index in [2.05, 4.69) is 17.6 Å². The lowest BCUT2D eigenvalue weighted by atomic mass is 10.2. The number of urea groups is 1. The summed E-state index contributed by atoms with van der Waals surface area (Å²) >= 11 is 0. The Kier molecular flexibility index (Phi) is 7.61. The van der Waals surface area contributed by atoms with Crippen LogP contribution in [0.5, 0.6) is 5.75 Å². The van der Waals surface area contributed by atoms with Gasteiger partial charge in [-0.25, -0.2) is 4.79 Å². The summed E-state index contributed by atoms with van der Waals surface area (Å²) in [5, 5.41) is 5.64. The first kappa shape index (κ1) is 17.3. The lowest BCUT2D eigenvalue weighted by molar-refractivity contribution is 0.173. The Morgan fingerprint density at radius 2 is 2.14 bits per heavy atom. The van der Waals surface area contributed by atoms with Gasteiger partial charge in [0, 0.05) is 12.8 Å². The molecule has 1 aromatic rings. The highest BCUT2D eigenvalue weighted by Crippen LogP contribution is 2.21. The fourth-order valence-electron chi connectivity index (χ4n) is 1.87. The smallest absolute Gasteiger partial charge is 0.319 e. The van der Waals surface area contributed by atoms with Crippen molar-refractivity contribution in [3.05, 3.63) is 23.8 Å². The highest BCUT2D eigenvalue weighted by Gasteiger charge is 2.08. The van der Waals surface area contributed by atoms with Crippen molar-refractivity contribution >= 4 is 11.7 Å². The molecule has 5 nitrogen and oxygen atoms in total. The average Bonchev–Trinajstić information content (AvgIpc) is 2.42. The molecular formula is C16H26N2O3. The van der Waals surface area contributed by atoms with E-state index in [9.17, 15) is 4.79 Å². The number of benzene rings is 1. The van der Waals surface area contributed by atoms with E-state index in [0.29, 0.717) is 6.61 Å². The highest BCUT2D eigenvalue weighted by molar-refractivity contribution is 5.90. The molecule has 5 heteroatoms. The summed E-state index contributed by atoms with van der Waals surface area (Å²) in [4.78, 5) is 11.8. The number of amides is 2. The molecule has 0 saturated carbocycles. The van der Waals surface area contributed by atoms with Crippen LogP contribution in [0.3, 0.4) is 0 Å². The maximum Gasteiger partial charge on any atom is 0.319 e. The van der Waals surface area contributed by atoms with Gasteiger partial charge in [-0.15, -0.1) is 0 Å². The van der Waals surface area contributed by atoms with Gasteiger partial charge >= 0.3 is 6.03 Å². The molecule has 118 valence electrons. The van der Waals surface area contributed by atoms with Gasteiger partial charge in [0.15, 0.2) is 0 Å². The minimum atomic E-state index is -0.234. The number of carbonyl (C=O) groups is 1. The molecule has 1 unspecified atom stereocenters. The van der Waals surface area contributed by atoms with Crippen molar-refractivity contribution in [1.29, 1.82) is 0 Å². The van der Waals surface area contributed by atoms with Crippen molar-refractivity contribution < 1.29 is 14.3 Å². The molecule has 0 aliphatic heterocycles. The molecule has 1 aromatic carbocycles. The van der Waals surface area contributed by atoms with E-state index in [4.69, 9.17) is 9.47 Å². The first-order valence-electron chi connectivity index (χ1n) is 7.36. The molecule has 0 radical (unpaired) electrons. The van der Waals surface area contributed by atoms with Crippen LogP contribution in [0.2, 0.25) is 0 Å². The quantitative estimate of drug-likeness (QED) is 0.723. The molecule has 0 aliphatic carbocycles. The fourth-order valence-corrected chi connectivity index (χ4v) is 1.87. The Bertz CT molecular complexity index is 449. The molecule has 1 atom stereocenters. The summed E-state index contributed by atoms with van der Waals surface area (Å²) < 4.78 is 10.6. The van der Waals surface area contributed by atoms with E-state index >= 15 is 0 Å². The molecule has 2 amide bonds. The number of rotatable bonds is 8. The Labute approximate surface area is 127 Å². The largest absolute Gasteiger partial charge is 0.494 e. The molecule has 0 saturated heterocycles. The van der Waals surface area contributed by atoms with Gasteiger partial charge in [0.05, 0.1) is 19.3 Å². The van der Waals surface area contributed by atoms with E-state index in [1.807, 2.05) is 32.0 Å². The zero-order valence-corrected chi connectivity index (χ0v) is 13.4. The van der Waals surface area contributed by atoms with Crippen LogP contribution >= 0.6 is 0 Å². The summed E-state index contributed by atoms with van der Waals surface area (Å²) in [7, 11) is 1.61. The van der Waals surface area contributed by atoms with E-state index in [1.54, 1.807) is 7.11 Å². The van der Waals surface area contributed by atoms with Crippen molar-refractivity contribution in [3.8, 4) is 5.75 Å². The van der Waals surface area contributed by atoms with Gasteiger partial charge < -0.3 is 20.1 Å². The van der Waals surface area contributed by atoms with Crippen LogP contribution in [-0.2, 0) is 4.74 Å². The number of carbonyl (C=O) groups excluding carboxylic acids is 1. The van der Waals surface area contributed by atoms with Crippen LogP contribution in [0, 0.1) is 6.92 Å². The molecule has 0 heterocycles. The predicted molar refractivity (Wildman–Crippen MR) is 85.1 cm³/mol. The van der Waals surface area contributed by atoms with Gasteiger partial charge in [0.1, 0.15) is 5.75 Å². The van der Waals surface area contributed by atoms with Crippen LogP contribution in [0.25, 0.3) is 0 Å². The standard InChI is InChI=1S/C16H26N2O3/c1-5-6-9-21-14-7-8-15(12(2)10-14)18-16(19)17-13(3)11-20-4/h7-8,10,13H,5-6,9,11H2,1-4H3,(H2,17,18,19). The Balaban J connectivity index is 2.53. The van der Waals surface area contributed by atoms with Gasteiger partial charge in [0.25, 0.3) is 0 Å². The van der Waals surface area contributed by atoms with Crippen LogP contribution in [0.15, 0.2) is 18.2 Å². The van der Waals surface area contributed by atoms with Crippen LogP contribution in [0.1, 0.15) is 32.3 Å². The van der Waals surface area contributed by atoms with Crippen LogP contribution in [-0.4, -0.2) is 32.4 Å².